The molecule has 0 aliphatic rings. The highest BCUT2D eigenvalue weighted by Crippen LogP contribution is 2.19. The molecular weight excluding hydrogens is 164 g/mol. The molecule has 2 aromatic heterocycles. The smallest absolute Gasteiger partial charge is 0.155 e. The van der Waals surface area contributed by atoms with Crippen LogP contribution in [0.15, 0.2) is 36.7 Å². The molecule has 0 fully saturated rings. The molecule has 0 aliphatic heterocycles. The molecule has 0 saturated heterocycles. The molecule has 4 nitrogen and oxygen atoms in total. The van der Waals surface area contributed by atoms with E-state index in [-0.39, 0.29) is 0 Å². The summed E-state index contributed by atoms with van der Waals surface area (Å²) in [5.74, 6) is 0.404. The van der Waals surface area contributed by atoms with Crippen molar-refractivity contribution in [3.63, 3.8) is 0 Å². The molecule has 0 saturated carbocycles. The monoisotopic (exact) mass is 172 g/mol. The Kier molecular flexibility index (Phi) is 1.88. The number of aromatic nitrogens is 3. The molecule has 2 aromatic rings. The number of rotatable bonds is 1. The molecule has 0 spiro atoms. The van der Waals surface area contributed by atoms with Gasteiger partial charge in [0.05, 0.1) is 11.9 Å². The van der Waals surface area contributed by atoms with Crippen LogP contribution in [0, 0.1) is 0 Å². The second kappa shape index (κ2) is 3.18. The summed E-state index contributed by atoms with van der Waals surface area (Å²) in [5, 5.41) is 7.41. The van der Waals surface area contributed by atoms with E-state index in [0.717, 1.165) is 11.3 Å². The Labute approximate surface area is 75.5 Å². The third-order valence-corrected chi connectivity index (χ3v) is 1.69. The Morgan fingerprint density at radius 1 is 1.08 bits per heavy atom. The molecule has 0 radical (unpaired) electrons. The summed E-state index contributed by atoms with van der Waals surface area (Å²) in [6.07, 6.45) is 3.32. The predicted octanol–water partition coefficient (Wildman–Crippen LogP) is 1.12. The number of nitrogens with zero attached hydrogens (tertiary/aromatic N) is 3. The third kappa shape index (κ3) is 1.46. The number of pyridine rings is 1. The van der Waals surface area contributed by atoms with E-state index in [1.807, 2.05) is 18.2 Å². The van der Waals surface area contributed by atoms with E-state index >= 15 is 0 Å². The first-order chi connectivity index (χ1) is 6.38. The van der Waals surface area contributed by atoms with Crippen LogP contribution in [0.3, 0.4) is 0 Å². The van der Waals surface area contributed by atoms with Gasteiger partial charge in [-0.05, 0) is 18.2 Å². The molecule has 2 N–H and O–H groups in total. The fourth-order valence-corrected chi connectivity index (χ4v) is 1.08. The molecule has 0 bridgehead atoms. The molecule has 13 heavy (non-hydrogen) atoms. The normalized spacial score (nSPS) is 9.85. The maximum absolute atomic E-state index is 5.64. The van der Waals surface area contributed by atoms with Crippen molar-refractivity contribution in [3.05, 3.63) is 36.7 Å². The lowest BCUT2D eigenvalue weighted by Gasteiger charge is -2.00. The van der Waals surface area contributed by atoms with E-state index < -0.39 is 0 Å². The van der Waals surface area contributed by atoms with Crippen molar-refractivity contribution in [1.82, 2.24) is 15.2 Å². The van der Waals surface area contributed by atoms with Crippen molar-refractivity contribution in [2.24, 2.45) is 0 Å². The summed E-state index contributed by atoms with van der Waals surface area (Å²) in [7, 11) is 0. The summed E-state index contributed by atoms with van der Waals surface area (Å²) < 4.78 is 0. The van der Waals surface area contributed by atoms with E-state index in [4.69, 9.17) is 5.73 Å². The molecule has 2 heterocycles. The van der Waals surface area contributed by atoms with Crippen LogP contribution in [0.2, 0.25) is 0 Å². The SMILES string of the molecule is Nc1nnccc1-c1ccccn1. The quantitative estimate of drug-likeness (QED) is 0.700. The van der Waals surface area contributed by atoms with Gasteiger partial charge in [0.15, 0.2) is 5.82 Å². The molecule has 0 aliphatic carbocycles. The van der Waals surface area contributed by atoms with Crippen molar-refractivity contribution in [2.75, 3.05) is 5.73 Å². The summed E-state index contributed by atoms with van der Waals surface area (Å²) in [6.45, 7) is 0. The van der Waals surface area contributed by atoms with Crippen LogP contribution in [0.5, 0.6) is 0 Å². The van der Waals surface area contributed by atoms with Gasteiger partial charge in [-0.25, -0.2) is 0 Å². The summed E-state index contributed by atoms with van der Waals surface area (Å²) in [4.78, 5) is 4.16. The van der Waals surface area contributed by atoms with Gasteiger partial charge in [-0.2, -0.15) is 5.10 Å². The highest BCUT2D eigenvalue weighted by molar-refractivity contribution is 5.69. The van der Waals surface area contributed by atoms with Crippen LogP contribution in [0.4, 0.5) is 5.82 Å². The first kappa shape index (κ1) is 7.67. The van der Waals surface area contributed by atoms with Crippen molar-refractivity contribution >= 4 is 5.82 Å². The Hall–Kier alpha value is -1.97. The predicted molar refractivity (Wildman–Crippen MR) is 49.7 cm³/mol. The second-order valence-electron chi connectivity index (χ2n) is 2.55. The van der Waals surface area contributed by atoms with Crippen LogP contribution in [-0.4, -0.2) is 15.2 Å². The summed E-state index contributed by atoms with van der Waals surface area (Å²) >= 11 is 0. The molecule has 4 heteroatoms. The van der Waals surface area contributed by atoms with Crippen LogP contribution >= 0.6 is 0 Å². The molecule has 0 amide bonds. The zero-order valence-electron chi connectivity index (χ0n) is 6.88. The summed E-state index contributed by atoms with van der Waals surface area (Å²) in [5.41, 5.74) is 7.27. The lowest BCUT2D eigenvalue weighted by atomic mass is 10.2. The number of nitrogens with two attached hydrogens (primary N) is 1. The molecule has 64 valence electrons. The van der Waals surface area contributed by atoms with Gasteiger partial charge in [-0.15, -0.1) is 5.10 Å². The van der Waals surface area contributed by atoms with Crippen LogP contribution in [-0.2, 0) is 0 Å². The molecular formula is C9H8N4. The standard InChI is InChI=1S/C9H8N4/c10-9-7(4-6-12-13-9)8-3-1-2-5-11-8/h1-6H,(H2,10,13). The lowest BCUT2D eigenvalue weighted by molar-refractivity contribution is 1.04. The third-order valence-electron chi connectivity index (χ3n) is 1.69. The Bertz CT molecular complexity index is 399. The van der Waals surface area contributed by atoms with Crippen LogP contribution < -0.4 is 5.73 Å². The number of hydrogen-bond donors (Lipinski definition) is 1. The highest BCUT2D eigenvalue weighted by atomic mass is 15.1. The van der Waals surface area contributed by atoms with E-state index in [1.54, 1.807) is 18.5 Å². The molecule has 0 unspecified atom stereocenters. The minimum absolute atomic E-state index is 0.404. The van der Waals surface area contributed by atoms with Crippen LogP contribution in [0.25, 0.3) is 11.3 Å². The topological polar surface area (TPSA) is 64.7 Å². The van der Waals surface area contributed by atoms with E-state index in [1.165, 1.54) is 0 Å². The average Bonchev–Trinajstić information content (AvgIpc) is 2.20. The van der Waals surface area contributed by atoms with Crippen molar-refractivity contribution in [2.45, 2.75) is 0 Å². The Morgan fingerprint density at radius 3 is 2.69 bits per heavy atom. The van der Waals surface area contributed by atoms with Crippen LogP contribution in [0.1, 0.15) is 0 Å². The second-order valence-corrected chi connectivity index (χ2v) is 2.55. The number of nitrogen functional groups attached to an aromatic ring is 1. The maximum Gasteiger partial charge on any atom is 0.155 e. The lowest BCUT2D eigenvalue weighted by Crippen LogP contribution is -1.96. The number of anilines is 1. The molecule has 0 atom stereocenters. The Morgan fingerprint density at radius 2 is 2.00 bits per heavy atom. The van der Waals surface area contributed by atoms with Gasteiger partial charge >= 0.3 is 0 Å². The summed E-state index contributed by atoms with van der Waals surface area (Å²) in [6, 6.07) is 7.44. The zero-order valence-corrected chi connectivity index (χ0v) is 6.88. The minimum Gasteiger partial charge on any atom is -0.382 e. The first-order valence-corrected chi connectivity index (χ1v) is 3.86. The van der Waals surface area contributed by atoms with Gasteiger partial charge in [0.2, 0.25) is 0 Å². The van der Waals surface area contributed by atoms with Gasteiger partial charge < -0.3 is 5.73 Å². The molecule has 2 rings (SSSR count). The zero-order chi connectivity index (χ0) is 9.10. The van der Waals surface area contributed by atoms with Crippen molar-refractivity contribution in [1.29, 1.82) is 0 Å². The average molecular weight is 172 g/mol. The Balaban J connectivity index is 2.54. The highest BCUT2D eigenvalue weighted by Gasteiger charge is 2.02. The van der Waals surface area contributed by atoms with E-state index in [0.29, 0.717) is 5.82 Å². The maximum atomic E-state index is 5.64. The minimum atomic E-state index is 0.404. The van der Waals surface area contributed by atoms with E-state index in [2.05, 4.69) is 15.2 Å². The first-order valence-electron chi connectivity index (χ1n) is 3.86. The largest absolute Gasteiger partial charge is 0.382 e. The van der Waals surface area contributed by atoms with Crippen molar-refractivity contribution in [3.8, 4) is 11.3 Å². The van der Waals surface area contributed by atoms with E-state index in [9.17, 15) is 0 Å². The molecule has 0 aromatic carbocycles. The van der Waals surface area contributed by atoms with Gasteiger partial charge in [0, 0.05) is 11.8 Å². The van der Waals surface area contributed by atoms with Gasteiger partial charge in [0.1, 0.15) is 0 Å². The van der Waals surface area contributed by atoms with Gasteiger partial charge in [0.25, 0.3) is 0 Å². The van der Waals surface area contributed by atoms with Gasteiger partial charge in [-0.1, -0.05) is 6.07 Å². The van der Waals surface area contributed by atoms with Gasteiger partial charge in [-0.3, -0.25) is 4.98 Å². The number of hydrogen-bond acceptors (Lipinski definition) is 4. The van der Waals surface area contributed by atoms with Crippen molar-refractivity contribution < 1.29 is 0 Å². The fraction of sp³-hybridized carbons (Fsp3) is 0. The fourth-order valence-electron chi connectivity index (χ4n) is 1.08.